The number of rotatable bonds is 23. The van der Waals surface area contributed by atoms with E-state index in [2.05, 4.69) is 3.63 Å². The number of aliphatic hydroxyl groups is 1. The molecule has 0 saturated carbocycles. The first kappa shape index (κ1) is 86.2. The van der Waals surface area contributed by atoms with Gasteiger partial charge in [-0.1, -0.05) is 53.1 Å². The Bertz CT molecular complexity index is 3290. The van der Waals surface area contributed by atoms with Crippen LogP contribution in [0.3, 0.4) is 0 Å². The second kappa shape index (κ2) is 35.4. The van der Waals surface area contributed by atoms with Crippen LogP contribution in [-0.4, -0.2) is 146 Å². The number of imide groups is 2. The first-order chi connectivity index (χ1) is 42.8. The Morgan fingerprint density at radius 2 is 0.621 bits per heavy atom. The van der Waals surface area contributed by atoms with Crippen molar-refractivity contribution in [3.8, 4) is 0 Å². The molecule has 0 aliphatic heterocycles. The van der Waals surface area contributed by atoms with Crippen molar-refractivity contribution in [3.63, 3.8) is 0 Å². The van der Waals surface area contributed by atoms with Gasteiger partial charge in [0.1, 0.15) is 45.7 Å². The lowest BCUT2D eigenvalue weighted by atomic mass is 10.0. The molecular formula is C67H102N2O23S3. The summed E-state index contributed by atoms with van der Waals surface area (Å²) in [7, 11) is -13.0. The third-order valence-electron chi connectivity index (χ3n) is 12.0. The molecule has 4 amide bonds. The summed E-state index contributed by atoms with van der Waals surface area (Å²) in [5.41, 5.74) is -2.57. The van der Waals surface area contributed by atoms with E-state index < -0.39 is 136 Å². The Morgan fingerprint density at radius 3 is 0.884 bits per heavy atom. The molecular weight excluding hydrogens is 1300 g/mol. The van der Waals surface area contributed by atoms with E-state index in [1.54, 1.807) is 175 Å². The van der Waals surface area contributed by atoms with E-state index in [1.165, 1.54) is 50.2 Å². The van der Waals surface area contributed by atoms with Crippen molar-refractivity contribution >= 4 is 78.2 Å². The lowest BCUT2D eigenvalue weighted by molar-refractivity contribution is -0.156. The normalized spacial score (nSPS) is 13.7. The van der Waals surface area contributed by atoms with E-state index in [-0.39, 0.29) is 66.1 Å². The fourth-order valence-corrected chi connectivity index (χ4v) is 11.5. The van der Waals surface area contributed by atoms with E-state index in [9.17, 15) is 68.7 Å². The number of aliphatic hydroxyl groups excluding tert-OH is 1. The Labute approximate surface area is 562 Å². The van der Waals surface area contributed by atoms with Crippen LogP contribution in [-0.2, 0) is 85.8 Å². The van der Waals surface area contributed by atoms with Crippen LogP contribution in [0, 0.1) is 20.8 Å². The molecule has 536 valence electrons. The molecule has 4 atom stereocenters. The number of carbonyl (C=O) groups excluding carboxylic acids is 8. The molecule has 0 spiro atoms. The molecule has 0 radical (unpaired) electrons. The van der Waals surface area contributed by atoms with Gasteiger partial charge in [0, 0.05) is 12.8 Å². The first-order valence-electron chi connectivity index (χ1n) is 30.8. The maximum atomic E-state index is 13.1. The Hall–Kier alpha value is -6.85. The molecule has 0 heterocycles. The predicted molar refractivity (Wildman–Crippen MR) is 353 cm³/mol. The number of nitrogens with zero attached hydrogens (tertiary/aromatic N) is 2. The number of ether oxygens (including phenoxy) is 6. The van der Waals surface area contributed by atoms with Gasteiger partial charge in [0.15, 0.2) is 11.6 Å². The van der Waals surface area contributed by atoms with Gasteiger partial charge in [-0.3, -0.25) is 23.4 Å². The van der Waals surface area contributed by atoms with Gasteiger partial charge in [0.05, 0.1) is 26.9 Å². The molecule has 3 rings (SSSR count). The van der Waals surface area contributed by atoms with E-state index in [1.807, 2.05) is 6.92 Å². The number of ketones is 2. The molecule has 0 bridgehead atoms. The van der Waals surface area contributed by atoms with Crippen LogP contribution in [0.25, 0.3) is 0 Å². The zero-order valence-corrected chi connectivity index (χ0v) is 61.9. The summed E-state index contributed by atoms with van der Waals surface area (Å²) in [6.07, 6.45) is -6.54. The molecule has 0 fully saturated rings. The summed E-state index contributed by atoms with van der Waals surface area (Å²) in [6.45, 7) is 37.7. The monoisotopic (exact) mass is 1400 g/mol. The number of hydrogen-bond donors (Lipinski definition) is 1. The number of Topliss-reactive ketones (excluding diaryl/α,β-unsaturated/α-hetero) is 2. The number of hydrogen-bond acceptors (Lipinski definition) is 23. The summed E-state index contributed by atoms with van der Waals surface area (Å²) in [5.74, 6) is -2.01. The van der Waals surface area contributed by atoms with Gasteiger partial charge >= 0.3 is 56.5 Å². The van der Waals surface area contributed by atoms with Gasteiger partial charge in [-0.05, 0) is 234 Å². The smallest absolute Gasteiger partial charge is 0.420 e. The van der Waals surface area contributed by atoms with Crippen LogP contribution < -0.4 is 0 Å². The van der Waals surface area contributed by atoms with Crippen molar-refractivity contribution in [2.75, 3.05) is 0 Å². The number of carbonyl (C=O) groups is 8. The van der Waals surface area contributed by atoms with Crippen molar-refractivity contribution in [3.05, 3.63) is 89.5 Å². The highest BCUT2D eigenvalue weighted by Crippen LogP contribution is 2.28. The average molecular weight is 1400 g/mol. The van der Waals surface area contributed by atoms with Gasteiger partial charge in [0.25, 0.3) is 10.1 Å². The fraction of sp³-hybridized carbons (Fsp3) is 0.612. The Balaban J connectivity index is 0.000000751. The summed E-state index contributed by atoms with van der Waals surface area (Å²) in [6, 6.07) is 15.0. The van der Waals surface area contributed by atoms with Gasteiger partial charge in [-0.15, -0.1) is 3.63 Å². The third-order valence-corrected chi connectivity index (χ3v) is 16.5. The molecule has 2 unspecified atom stereocenters. The van der Waals surface area contributed by atoms with Crippen molar-refractivity contribution in [2.45, 2.75) is 283 Å². The van der Waals surface area contributed by atoms with Crippen LogP contribution >= 0.6 is 0 Å². The average Bonchev–Trinajstić information content (AvgIpc) is 0.836. The topological polar surface area (TPSA) is 340 Å². The highest BCUT2D eigenvalue weighted by atomic mass is 32.3. The SMILES string of the molecule is CC(=O)[C@H](CCC(CCC(=O)OC(C)(C)C)OS(=O)(=O)c1ccc(C)cc1)N(C(=O)OC(C)(C)C)C(=O)OC(C)(C)C.CC(=O)[C@H](CCC(O)CCC(=O)OC(C)(C)C)N(C(=O)OC(C)(C)C)C(=O)OC(C)(C)C.Cc1ccc(S(=O)(=O)OS(=O)(=O)c2ccc(C)cc2)cc1. The molecule has 0 aliphatic carbocycles. The highest BCUT2D eigenvalue weighted by molar-refractivity contribution is 8.00. The van der Waals surface area contributed by atoms with Crippen LogP contribution in [0.1, 0.15) is 207 Å². The van der Waals surface area contributed by atoms with Crippen molar-refractivity contribution in [1.82, 2.24) is 9.80 Å². The molecule has 25 nitrogen and oxygen atoms in total. The van der Waals surface area contributed by atoms with Gasteiger partial charge in [-0.2, -0.15) is 25.3 Å². The molecule has 1 N–H and O–H groups in total. The minimum Gasteiger partial charge on any atom is -0.460 e. The van der Waals surface area contributed by atoms with E-state index >= 15 is 0 Å². The zero-order chi connectivity index (χ0) is 73.8. The number of benzene rings is 3. The minimum absolute atomic E-state index is 0.00498. The summed E-state index contributed by atoms with van der Waals surface area (Å²) in [4.78, 5) is 102. The van der Waals surface area contributed by atoms with Crippen LogP contribution in [0.5, 0.6) is 0 Å². The van der Waals surface area contributed by atoms with Gasteiger partial charge in [-0.25, -0.2) is 29.0 Å². The van der Waals surface area contributed by atoms with Crippen LogP contribution in [0.2, 0.25) is 0 Å². The van der Waals surface area contributed by atoms with Gasteiger partial charge < -0.3 is 33.5 Å². The second-order valence-electron chi connectivity index (χ2n) is 28.6. The van der Waals surface area contributed by atoms with Crippen LogP contribution in [0.15, 0.2) is 87.5 Å². The second-order valence-corrected chi connectivity index (χ2v) is 33.4. The van der Waals surface area contributed by atoms with E-state index in [4.69, 9.17) is 32.6 Å². The molecule has 0 aromatic heterocycles. The minimum atomic E-state index is -4.38. The standard InChI is InChI=1S/C30H47NO10S.C23H41NO8.C14H14O5S2/c1-20-12-16-23(17-13-20)42(36,37)41-22(15-19-25(33)38-28(3,4)5)14-18-24(21(2)32)31(26(34)39-29(6,7)8)27(35)40-30(9,10)11;1-15(25)17(13-11-16(26)12-14-18(27)30-21(2,3)4)24(19(28)31-22(5,6)7)20(29)32-23(8,9)10;1-11-3-7-13(8-4-11)20(15,16)19-21(17,18)14-9-5-12(2)6-10-14/h12-13,16-17,22,24H,14-15,18-19H2,1-11H3;16-17,26H,11-14H2,1-10H3;3-10H,1-2H3/t22?,24-;16?,17-;/m00./s1. The molecule has 95 heavy (non-hydrogen) atoms. The lowest BCUT2D eigenvalue weighted by Gasteiger charge is -2.33. The van der Waals surface area contributed by atoms with Gasteiger partial charge in [0.2, 0.25) is 0 Å². The van der Waals surface area contributed by atoms with Crippen molar-refractivity contribution < 1.29 is 105 Å². The fourth-order valence-electron chi connectivity index (χ4n) is 7.90. The highest BCUT2D eigenvalue weighted by Gasteiger charge is 2.41. The Kier molecular flexibility index (Phi) is 32.1. The molecule has 3 aromatic rings. The molecule has 3 aromatic carbocycles. The number of amides is 4. The van der Waals surface area contributed by atoms with Crippen molar-refractivity contribution in [1.29, 1.82) is 0 Å². The third kappa shape index (κ3) is 35.1. The van der Waals surface area contributed by atoms with E-state index in [0.29, 0.717) is 9.80 Å². The molecule has 28 heteroatoms. The van der Waals surface area contributed by atoms with Crippen LogP contribution in [0.4, 0.5) is 19.2 Å². The first-order valence-corrected chi connectivity index (χ1v) is 35.0. The summed E-state index contributed by atoms with van der Waals surface area (Å²) in [5, 5.41) is 10.3. The lowest BCUT2D eigenvalue weighted by Crippen LogP contribution is -2.51. The summed E-state index contributed by atoms with van der Waals surface area (Å²) < 4.78 is 116. The van der Waals surface area contributed by atoms with Crippen molar-refractivity contribution in [2.24, 2.45) is 0 Å². The zero-order valence-electron chi connectivity index (χ0n) is 59.4. The number of aryl methyl sites for hydroxylation is 3. The molecule has 0 aliphatic rings. The largest absolute Gasteiger partial charge is 0.460 e. The number of esters is 2. The summed E-state index contributed by atoms with van der Waals surface area (Å²) >= 11 is 0. The molecule has 0 saturated heterocycles. The van der Waals surface area contributed by atoms with E-state index in [0.717, 1.165) is 16.7 Å². The quantitative estimate of drug-likeness (QED) is 0.0523. The maximum Gasteiger partial charge on any atom is 0.420 e. The predicted octanol–water partition coefficient (Wildman–Crippen LogP) is 12.9. The maximum absolute atomic E-state index is 13.1. The Morgan fingerprint density at radius 1 is 0.368 bits per heavy atom.